The molecule has 2 rings (SSSR count). The number of rotatable bonds is 9. The molecule has 3 amide bonds. The first-order valence-corrected chi connectivity index (χ1v) is 13.1. The van der Waals surface area contributed by atoms with Gasteiger partial charge in [-0.25, -0.2) is 4.79 Å². The lowest BCUT2D eigenvalue weighted by molar-refractivity contribution is -0.144. The van der Waals surface area contributed by atoms with E-state index in [2.05, 4.69) is 10.6 Å². The van der Waals surface area contributed by atoms with Gasteiger partial charge in [-0.1, -0.05) is 50.6 Å². The molecule has 0 fully saturated rings. The predicted molar refractivity (Wildman–Crippen MR) is 150 cm³/mol. The van der Waals surface area contributed by atoms with Crippen LogP contribution in [0.15, 0.2) is 42.5 Å². The number of aromatic hydroxyl groups is 1. The number of benzene rings is 2. The Morgan fingerprint density at radius 1 is 1.00 bits per heavy atom. The SMILES string of the molecule is CCC(C)C(NC(=O)OC(C)(C)C)C(=O)N(C(C)C)C(C(=O)Nc1c(C)cccc1C)c1cccc(O)c1. The van der Waals surface area contributed by atoms with Gasteiger partial charge in [-0.2, -0.15) is 0 Å². The zero-order valence-electron chi connectivity index (χ0n) is 24.1. The van der Waals surface area contributed by atoms with E-state index in [1.807, 2.05) is 59.7 Å². The van der Waals surface area contributed by atoms with Crippen molar-refractivity contribution in [1.82, 2.24) is 10.2 Å². The Balaban J connectivity index is 2.58. The molecule has 3 unspecified atom stereocenters. The second-order valence-electron chi connectivity index (χ2n) is 11.1. The first kappa shape index (κ1) is 30.7. The molecule has 8 nitrogen and oxygen atoms in total. The fourth-order valence-corrected chi connectivity index (χ4v) is 4.29. The van der Waals surface area contributed by atoms with Crippen LogP contribution in [0.4, 0.5) is 10.5 Å². The fourth-order valence-electron chi connectivity index (χ4n) is 4.29. The summed E-state index contributed by atoms with van der Waals surface area (Å²) in [6.45, 7) is 16.5. The number of para-hydroxylation sites is 1. The van der Waals surface area contributed by atoms with Crippen molar-refractivity contribution in [3.05, 3.63) is 59.2 Å². The van der Waals surface area contributed by atoms with Crippen molar-refractivity contribution in [1.29, 1.82) is 0 Å². The Labute approximate surface area is 226 Å². The number of hydrogen-bond acceptors (Lipinski definition) is 5. The Bertz CT molecular complexity index is 1120. The van der Waals surface area contributed by atoms with E-state index in [1.165, 1.54) is 17.0 Å². The van der Waals surface area contributed by atoms with Crippen LogP contribution in [0, 0.1) is 19.8 Å². The molecule has 0 spiro atoms. The molecule has 38 heavy (non-hydrogen) atoms. The maximum Gasteiger partial charge on any atom is 0.408 e. The molecular formula is C30H43N3O5. The molecular weight excluding hydrogens is 482 g/mol. The molecule has 0 saturated carbocycles. The summed E-state index contributed by atoms with van der Waals surface area (Å²) in [6.07, 6.45) is -0.0856. The van der Waals surface area contributed by atoms with Gasteiger partial charge in [0, 0.05) is 11.7 Å². The summed E-state index contributed by atoms with van der Waals surface area (Å²) in [7, 11) is 0. The number of nitrogens with zero attached hydrogens (tertiary/aromatic N) is 1. The molecule has 0 aliphatic carbocycles. The van der Waals surface area contributed by atoms with Crippen LogP contribution in [0.3, 0.4) is 0 Å². The highest BCUT2D eigenvalue weighted by Crippen LogP contribution is 2.31. The summed E-state index contributed by atoms with van der Waals surface area (Å²) in [5.41, 5.74) is 2.17. The Morgan fingerprint density at radius 3 is 2.08 bits per heavy atom. The molecule has 2 aromatic rings. The highest BCUT2D eigenvalue weighted by molar-refractivity contribution is 6.00. The summed E-state index contributed by atoms with van der Waals surface area (Å²) in [5.74, 6) is -1.09. The smallest absolute Gasteiger partial charge is 0.408 e. The Kier molecular flexibility index (Phi) is 10.3. The van der Waals surface area contributed by atoms with Gasteiger partial charge in [-0.15, -0.1) is 0 Å². The fraction of sp³-hybridized carbons (Fsp3) is 0.500. The normalized spacial score (nSPS) is 13.8. The third-order valence-electron chi connectivity index (χ3n) is 6.40. The minimum absolute atomic E-state index is 0.0196. The summed E-state index contributed by atoms with van der Waals surface area (Å²) >= 11 is 0. The van der Waals surface area contributed by atoms with Crippen LogP contribution in [0.1, 0.15) is 77.6 Å². The first-order valence-electron chi connectivity index (χ1n) is 13.1. The second-order valence-corrected chi connectivity index (χ2v) is 11.1. The van der Waals surface area contributed by atoms with Crippen molar-refractivity contribution < 1.29 is 24.2 Å². The number of alkyl carbamates (subject to hydrolysis) is 1. The van der Waals surface area contributed by atoms with E-state index >= 15 is 0 Å². The van der Waals surface area contributed by atoms with Gasteiger partial charge < -0.3 is 25.4 Å². The number of carbonyl (C=O) groups excluding carboxylic acids is 3. The monoisotopic (exact) mass is 525 g/mol. The topological polar surface area (TPSA) is 108 Å². The molecule has 3 N–H and O–H groups in total. The molecule has 0 aliphatic heterocycles. The van der Waals surface area contributed by atoms with E-state index in [4.69, 9.17) is 4.74 Å². The van der Waals surface area contributed by atoms with Crippen LogP contribution in [-0.2, 0) is 14.3 Å². The molecule has 208 valence electrons. The molecule has 3 atom stereocenters. The number of carbonyl (C=O) groups is 3. The Morgan fingerprint density at radius 2 is 1.58 bits per heavy atom. The highest BCUT2D eigenvalue weighted by atomic mass is 16.6. The quantitative estimate of drug-likeness (QED) is 0.380. The standard InChI is InChI=1S/C30H43N3O5/c1-10-19(4)25(32-29(37)38-30(7,8)9)28(36)33(18(2)3)26(22-15-12-16-23(34)17-22)27(35)31-24-20(5)13-11-14-21(24)6/h11-19,25-26,34H,10H2,1-9H3,(H,31,35)(H,32,37). The van der Waals surface area contributed by atoms with Crippen LogP contribution >= 0.6 is 0 Å². The maximum atomic E-state index is 14.2. The third kappa shape index (κ3) is 7.97. The first-order chi connectivity index (χ1) is 17.7. The van der Waals surface area contributed by atoms with Crippen molar-refractivity contribution >= 4 is 23.6 Å². The zero-order chi connectivity index (χ0) is 28.8. The van der Waals surface area contributed by atoms with Crippen molar-refractivity contribution in [2.24, 2.45) is 5.92 Å². The van der Waals surface area contributed by atoms with Crippen LogP contribution in [0.5, 0.6) is 5.75 Å². The molecule has 2 aromatic carbocycles. The average molecular weight is 526 g/mol. The summed E-state index contributed by atoms with van der Waals surface area (Å²) in [6, 6.07) is 9.65. The third-order valence-corrected chi connectivity index (χ3v) is 6.40. The average Bonchev–Trinajstić information content (AvgIpc) is 2.81. The molecule has 0 heterocycles. The number of phenolic OH excluding ortho intramolecular Hbond substituents is 1. The van der Waals surface area contributed by atoms with E-state index < -0.39 is 41.6 Å². The number of amides is 3. The van der Waals surface area contributed by atoms with Gasteiger partial charge in [0.05, 0.1) is 0 Å². The number of phenols is 1. The van der Waals surface area contributed by atoms with E-state index in [-0.39, 0.29) is 11.7 Å². The highest BCUT2D eigenvalue weighted by Gasteiger charge is 2.39. The van der Waals surface area contributed by atoms with Gasteiger partial charge in [-0.05, 0) is 83.2 Å². The van der Waals surface area contributed by atoms with Gasteiger partial charge >= 0.3 is 6.09 Å². The molecule has 0 radical (unpaired) electrons. The van der Waals surface area contributed by atoms with Crippen LogP contribution in [0.25, 0.3) is 0 Å². The van der Waals surface area contributed by atoms with Gasteiger partial charge in [0.1, 0.15) is 23.4 Å². The molecule has 0 aromatic heterocycles. The number of hydrogen-bond donors (Lipinski definition) is 3. The van der Waals surface area contributed by atoms with Gasteiger partial charge in [0.25, 0.3) is 5.91 Å². The lowest BCUT2D eigenvalue weighted by Crippen LogP contribution is -2.56. The molecule has 0 aliphatic rings. The summed E-state index contributed by atoms with van der Waals surface area (Å²) < 4.78 is 5.43. The summed E-state index contributed by atoms with van der Waals surface area (Å²) in [4.78, 5) is 42.3. The maximum absolute atomic E-state index is 14.2. The van der Waals surface area contributed by atoms with Crippen molar-refractivity contribution in [2.45, 2.75) is 92.5 Å². The van der Waals surface area contributed by atoms with E-state index in [1.54, 1.807) is 32.9 Å². The van der Waals surface area contributed by atoms with Gasteiger partial charge in [0.2, 0.25) is 5.91 Å². The van der Waals surface area contributed by atoms with Crippen molar-refractivity contribution in [2.75, 3.05) is 5.32 Å². The lowest BCUT2D eigenvalue weighted by atomic mass is 9.94. The summed E-state index contributed by atoms with van der Waals surface area (Å²) in [5, 5.41) is 16.0. The minimum Gasteiger partial charge on any atom is -0.508 e. The number of nitrogens with one attached hydrogen (secondary N) is 2. The predicted octanol–water partition coefficient (Wildman–Crippen LogP) is 5.87. The Hall–Kier alpha value is -3.55. The number of ether oxygens (including phenoxy) is 1. The van der Waals surface area contributed by atoms with Gasteiger partial charge in [0.15, 0.2) is 0 Å². The van der Waals surface area contributed by atoms with E-state index in [0.29, 0.717) is 17.7 Å². The second kappa shape index (κ2) is 12.8. The number of aryl methyl sites for hydroxylation is 2. The van der Waals surface area contributed by atoms with E-state index in [9.17, 15) is 19.5 Å². The van der Waals surface area contributed by atoms with Crippen molar-refractivity contribution in [3.8, 4) is 5.75 Å². The van der Waals surface area contributed by atoms with Crippen LogP contribution in [0.2, 0.25) is 0 Å². The van der Waals surface area contributed by atoms with Gasteiger partial charge in [-0.3, -0.25) is 9.59 Å². The van der Waals surface area contributed by atoms with Crippen molar-refractivity contribution in [3.63, 3.8) is 0 Å². The zero-order valence-corrected chi connectivity index (χ0v) is 24.1. The minimum atomic E-state index is -1.07. The molecule has 0 saturated heterocycles. The van der Waals surface area contributed by atoms with E-state index in [0.717, 1.165) is 11.1 Å². The largest absolute Gasteiger partial charge is 0.508 e. The van der Waals surface area contributed by atoms with Crippen LogP contribution in [-0.4, -0.2) is 45.6 Å². The lowest BCUT2D eigenvalue weighted by Gasteiger charge is -2.38. The molecule has 8 heteroatoms. The number of anilines is 1. The molecule has 0 bridgehead atoms. The van der Waals surface area contributed by atoms with Crippen LogP contribution < -0.4 is 10.6 Å².